The topological polar surface area (TPSA) is 40.6 Å². The average Bonchev–Trinajstić information content (AvgIpc) is 2.16. The lowest BCUT2D eigenvalue weighted by molar-refractivity contribution is -0.139. The van der Waals surface area contributed by atoms with Crippen LogP contribution in [0.3, 0.4) is 0 Å². The van der Waals surface area contributed by atoms with Crippen LogP contribution in [0.1, 0.15) is 13.8 Å². The molecule has 0 aromatic rings. The monoisotopic (exact) mass is 234 g/mol. The third-order valence-electron chi connectivity index (χ3n) is 3.84. The van der Waals surface area contributed by atoms with Gasteiger partial charge in [0.25, 0.3) is 0 Å². The van der Waals surface area contributed by atoms with Crippen molar-refractivity contribution in [3.8, 4) is 0 Å². The van der Waals surface area contributed by atoms with Crippen LogP contribution in [-0.2, 0) is 9.59 Å². The molecule has 0 heterocycles. The van der Waals surface area contributed by atoms with Crippen LogP contribution in [0.15, 0.2) is 22.5 Å². The van der Waals surface area contributed by atoms with Crippen LogP contribution in [0, 0.1) is 5.41 Å². The number of ketones is 2. The van der Waals surface area contributed by atoms with Gasteiger partial charge in [-0.2, -0.15) is 0 Å². The summed E-state index contributed by atoms with van der Waals surface area (Å²) in [6.45, 7) is 3.76. The molecular weight excluding hydrogens is 216 g/mol. The van der Waals surface area contributed by atoms with Crippen molar-refractivity contribution >= 4 is 11.6 Å². The number of rotatable bonds is 2. The number of likely N-dealkylation sites (N-methyl/N-ethyl adjacent to an activating group) is 2. The van der Waals surface area contributed by atoms with Gasteiger partial charge in [0.1, 0.15) is 5.41 Å². The van der Waals surface area contributed by atoms with Crippen molar-refractivity contribution in [2.75, 3.05) is 28.2 Å². The molecule has 0 bridgehead atoms. The number of allylic oxidation sites excluding steroid dienone is 4. The predicted molar refractivity (Wildman–Crippen MR) is 65.2 cm³/mol. The Hall–Kier alpha value is -1.58. The smallest absolute Gasteiger partial charge is 0.201 e. The molecule has 0 saturated heterocycles. The van der Waals surface area contributed by atoms with Crippen LogP contribution < -0.4 is 0 Å². The first-order chi connectivity index (χ1) is 7.77. The lowest BCUT2D eigenvalue weighted by atomic mass is 9.52. The van der Waals surface area contributed by atoms with E-state index in [9.17, 15) is 9.59 Å². The highest BCUT2D eigenvalue weighted by atomic mass is 16.2. The minimum Gasteiger partial charge on any atom is -0.375 e. The van der Waals surface area contributed by atoms with Gasteiger partial charge in [0.05, 0.1) is 11.4 Å². The van der Waals surface area contributed by atoms with Gasteiger partial charge in [-0.3, -0.25) is 9.59 Å². The molecule has 92 valence electrons. The Morgan fingerprint density at radius 1 is 0.765 bits per heavy atom. The second-order valence-electron chi connectivity index (χ2n) is 5.14. The van der Waals surface area contributed by atoms with E-state index in [2.05, 4.69) is 0 Å². The quantitative estimate of drug-likeness (QED) is 0.663. The van der Waals surface area contributed by atoms with Gasteiger partial charge in [-0.1, -0.05) is 0 Å². The fourth-order valence-corrected chi connectivity index (χ4v) is 3.07. The number of hydrogen-bond donors (Lipinski definition) is 0. The van der Waals surface area contributed by atoms with E-state index in [-0.39, 0.29) is 11.6 Å². The van der Waals surface area contributed by atoms with Crippen LogP contribution in [-0.4, -0.2) is 49.6 Å². The second-order valence-corrected chi connectivity index (χ2v) is 5.14. The highest BCUT2D eigenvalue weighted by molar-refractivity contribution is 6.33. The molecule has 0 radical (unpaired) electrons. The number of Topliss-reactive ketones (excluding diaryl/α,β-unsaturated/α-hetero) is 2. The molecule has 0 aromatic heterocycles. The summed E-state index contributed by atoms with van der Waals surface area (Å²) >= 11 is 0. The van der Waals surface area contributed by atoms with Gasteiger partial charge in [-0.25, -0.2) is 0 Å². The maximum atomic E-state index is 12.2. The van der Waals surface area contributed by atoms with Crippen LogP contribution in [0.2, 0.25) is 0 Å². The Balaban J connectivity index is 2.54. The predicted octanol–water partition coefficient (Wildman–Crippen LogP) is 0.809. The largest absolute Gasteiger partial charge is 0.375 e. The van der Waals surface area contributed by atoms with E-state index in [1.807, 2.05) is 42.0 Å². The molecule has 0 fully saturated rings. The zero-order valence-electron chi connectivity index (χ0n) is 11.2. The van der Waals surface area contributed by atoms with Crippen LogP contribution in [0.5, 0.6) is 0 Å². The zero-order chi connectivity index (χ0) is 13.1. The fraction of sp³-hybridized carbons (Fsp3) is 0.538. The third-order valence-corrected chi connectivity index (χ3v) is 3.84. The van der Waals surface area contributed by atoms with Crippen LogP contribution >= 0.6 is 0 Å². The standard InChI is InChI=1S/C13H18N2O2/c1-7-9(14(3)4)11(16)13(7)8(2)10(12(13)17)15(5)6/h1-6H3. The van der Waals surface area contributed by atoms with E-state index in [1.54, 1.807) is 9.80 Å². The van der Waals surface area contributed by atoms with E-state index < -0.39 is 5.41 Å². The van der Waals surface area contributed by atoms with E-state index in [0.717, 1.165) is 11.1 Å². The average molecular weight is 234 g/mol. The molecule has 0 saturated carbocycles. The van der Waals surface area contributed by atoms with Gasteiger partial charge >= 0.3 is 0 Å². The SMILES string of the molecule is CC1=C(N(C)C)C(=O)C12C(=O)C(N(C)C)=C2C. The Morgan fingerprint density at radius 3 is 1.24 bits per heavy atom. The summed E-state index contributed by atoms with van der Waals surface area (Å²) in [5.74, 6) is -0.0961. The van der Waals surface area contributed by atoms with Crippen molar-refractivity contribution in [1.29, 1.82) is 0 Å². The van der Waals surface area contributed by atoms with Gasteiger partial charge < -0.3 is 9.80 Å². The number of nitrogens with zero attached hydrogens (tertiary/aromatic N) is 2. The molecular formula is C13H18N2O2. The molecule has 0 atom stereocenters. The first-order valence-corrected chi connectivity index (χ1v) is 5.64. The Bertz CT molecular complexity index is 450. The van der Waals surface area contributed by atoms with Gasteiger partial charge in [0.2, 0.25) is 11.6 Å². The molecule has 4 heteroatoms. The summed E-state index contributed by atoms with van der Waals surface area (Å²) in [5, 5.41) is 0. The molecule has 17 heavy (non-hydrogen) atoms. The maximum Gasteiger partial charge on any atom is 0.201 e. The van der Waals surface area contributed by atoms with Crippen molar-refractivity contribution in [2.45, 2.75) is 13.8 Å². The lowest BCUT2D eigenvalue weighted by Crippen LogP contribution is -2.61. The Labute approximate surface area is 102 Å². The Morgan fingerprint density at radius 2 is 1.06 bits per heavy atom. The fourth-order valence-electron chi connectivity index (χ4n) is 3.07. The van der Waals surface area contributed by atoms with Crippen molar-refractivity contribution in [3.05, 3.63) is 22.5 Å². The van der Waals surface area contributed by atoms with E-state index >= 15 is 0 Å². The molecule has 2 aliphatic rings. The summed E-state index contributed by atoms with van der Waals surface area (Å²) in [7, 11) is 7.33. The van der Waals surface area contributed by atoms with E-state index in [4.69, 9.17) is 0 Å². The highest BCUT2D eigenvalue weighted by Crippen LogP contribution is 2.57. The summed E-state index contributed by atoms with van der Waals surface area (Å²) in [6.07, 6.45) is 0. The van der Waals surface area contributed by atoms with E-state index in [0.29, 0.717) is 11.4 Å². The van der Waals surface area contributed by atoms with Crippen molar-refractivity contribution in [1.82, 2.24) is 9.80 Å². The van der Waals surface area contributed by atoms with Crippen molar-refractivity contribution in [2.24, 2.45) is 5.41 Å². The van der Waals surface area contributed by atoms with Gasteiger partial charge in [-0.15, -0.1) is 0 Å². The molecule has 2 rings (SSSR count). The second kappa shape index (κ2) is 3.22. The lowest BCUT2D eigenvalue weighted by Gasteiger charge is -2.51. The minimum absolute atomic E-state index is 0.0481. The van der Waals surface area contributed by atoms with Crippen LogP contribution in [0.25, 0.3) is 0 Å². The third kappa shape index (κ3) is 1.03. The normalized spacial score (nSPS) is 21.8. The zero-order valence-corrected chi connectivity index (χ0v) is 11.2. The van der Waals surface area contributed by atoms with E-state index in [1.165, 1.54) is 0 Å². The summed E-state index contributed by atoms with van der Waals surface area (Å²) < 4.78 is 0. The van der Waals surface area contributed by atoms with Gasteiger partial charge in [-0.05, 0) is 25.0 Å². The summed E-state index contributed by atoms with van der Waals surface area (Å²) in [5.41, 5.74) is 2.21. The summed E-state index contributed by atoms with van der Waals surface area (Å²) in [6, 6.07) is 0. The molecule has 0 N–H and O–H groups in total. The summed E-state index contributed by atoms with van der Waals surface area (Å²) in [4.78, 5) is 28.0. The molecule has 0 amide bonds. The Kier molecular flexibility index (Phi) is 2.25. The molecule has 0 aromatic carbocycles. The molecule has 0 unspecified atom stereocenters. The number of hydrogen-bond acceptors (Lipinski definition) is 4. The first kappa shape index (κ1) is 11.9. The van der Waals surface area contributed by atoms with Gasteiger partial charge in [0, 0.05) is 28.2 Å². The molecule has 4 nitrogen and oxygen atoms in total. The van der Waals surface area contributed by atoms with Crippen LogP contribution in [0.4, 0.5) is 0 Å². The number of carbonyl (C=O) groups is 2. The minimum atomic E-state index is -0.917. The highest BCUT2D eigenvalue weighted by Gasteiger charge is 2.66. The van der Waals surface area contributed by atoms with Crippen molar-refractivity contribution < 1.29 is 9.59 Å². The number of carbonyl (C=O) groups excluding carboxylic acids is 2. The molecule has 0 aliphatic heterocycles. The molecule has 2 aliphatic carbocycles. The first-order valence-electron chi connectivity index (χ1n) is 5.64. The maximum absolute atomic E-state index is 12.2. The van der Waals surface area contributed by atoms with Crippen molar-refractivity contribution in [3.63, 3.8) is 0 Å². The van der Waals surface area contributed by atoms with Gasteiger partial charge in [0.15, 0.2) is 0 Å². The molecule has 1 spiro atoms.